The van der Waals surface area contributed by atoms with E-state index >= 15 is 0 Å². The highest BCUT2D eigenvalue weighted by molar-refractivity contribution is 7.98. The first-order valence-electron chi connectivity index (χ1n) is 4.69. The molecule has 0 saturated heterocycles. The second-order valence-corrected chi connectivity index (χ2v) is 4.53. The first-order valence-corrected chi connectivity index (χ1v) is 5.85. The number of hydrogen-bond acceptors (Lipinski definition) is 4. The molecule has 0 aliphatic carbocycles. The fraction of sp³-hybridized carbons (Fsp3) is 0.600. The van der Waals surface area contributed by atoms with Gasteiger partial charge in [-0.15, -0.1) is 12.4 Å². The van der Waals surface area contributed by atoms with Crippen LogP contribution < -0.4 is 10.6 Å². The Bertz CT molecular complexity index is 289. The topological polar surface area (TPSA) is 42.4 Å². The Morgan fingerprint density at radius 2 is 2.13 bits per heavy atom. The molecule has 5 heteroatoms. The maximum atomic E-state index is 5.69. The SMILES string of the molecule is Cc1cc(N(C)C)oc1CSCCN.Cl. The Kier molecular flexibility index (Phi) is 6.89. The number of anilines is 1. The molecule has 0 saturated carbocycles. The second kappa shape index (κ2) is 7.04. The molecule has 0 aromatic carbocycles. The molecule has 1 heterocycles. The number of hydrogen-bond donors (Lipinski definition) is 1. The maximum Gasteiger partial charge on any atom is 0.195 e. The summed E-state index contributed by atoms with van der Waals surface area (Å²) in [7, 11) is 3.96. The van der Waals surface area contributed by atoms with E-state index in [0.717, 1.165) is 29.7 Å². The van der Waals surface area contributed by atoms with Crippen LogP contribution in [0.25, 0.3) is 0 Å². The Labute approximate surface area is 102 Å². The van der Waals surface area contributed by atoms with Crippen LogP contribution in [-0.2, 0) is 5.75 Å². The molecule has 0 atom stereocenters. The van der Waals surface area contributed by atoms with Gasteiger partial charge in [0.05, 0.1) is 5.75 Å². The fourth-order valence-electron chi connectivity index (χ4n) is 1.11. The van der Waals surface area contributed by atoms with Crippen molar-refractivity contribution in [2.45, 2.75) is 12.7 Å². The van der Waals surface area contributed by atoms with Gasteiger partial charge in [-0.05, 0) is 12.5 Å². The normalized spacial score (nSPS) is 9.87. The van der Waals surface area contributed by atoms with Crippen molar-refractivity contribution in [3.05, 3.63) is 17.4 Å². The quantitative estimate of drug-likeness (QED) is 0.815. The van der Waals surface area contributed by atoms with E-state index in [0.29, 0.717) is 0 Å². The predicted octanol–water partition coefficient (Wildman–Crippen LogP) is 2.27. The molecule has 1 aromatic rings. The fourth-order valence-corrected chi connectivity index (χ4v) is 1.90. The summed E-state index contributed by atoms with van der Waals surface area (Å²) in [5, 5.41) is 0. The average Bonchev–Trinajstić information content (AvgIpc) is 2.49. The number of furan rings is 1. The van der Waals surface area contributed by atoms with Crippen LogP contribution in [0.1, 0.15) is 11.3 Å². The predicted molar refractivity (Wildman–Crippen MR) is 70.2 cm³/mol. The van der Waals surface area contributed by atoms with Gasteiger partial charge in [-0.2, -0.15) is 11.8 Å². The molecule has 1 rings (SSSR count). The molecule has 15 heavy (non-hydrogen) atoms. The van der Waals surface area contributed by atoms with Crippen molar-refractivity contribution in [3.63, 3.8) is 0 Å². The highest BCUT2D eigenvalue weighted by Crippen LogP contribution is 2.24. The van der Waals surface area contributed by atoms with Gasteiger partial charge >= 0.3 is 0 Å². The third-order valence-corrected chi connectivity index (χ3v) is 2.93. The molecule has 3 nitrogen and oxygen atoms in total. The number of thioether (sulfide) groups is 1. The highest BCUT2D eigenvalue weighted by atomic mass is 35.5. The van der Waals surface area contributed by atoms with Crippen LogP contribution in [0.2, 0.25) is 0 Å². The first kappa shape index (κ1) is 14.7. The van der Waals surface area contributed by atoms with Gasteiger partial charge in [-0.25, -0.2) is 0 Å². The molecule has 0 aliphatic rings. The van der Waals surface area contributed by atoms with E-state index in [9.17, 15) is 0 Å². The minimum absolute atomic E-state index is 0. The van der Waals surface area contributed by atoms with E-state index < -0.39 is 0 Å². The van der Waals surface area contributed by atoms with E-state index in [1.165, 1.54) is 5.56 Å². The summed E-state index contributed by atoms with van der Waals surface area (Å²) in [6.45, 7) is 2.81. The van der Waals surface area contributed by atoms with Crippen LogP contribution in [0.5, 0.6) is 0 Å². The van der Waals surface area contributed by atoms with Crippen molar-refractivity contribution in [3.8, 4) is 0 Å². The van der Waals surface area contributed by atoms with E-state index in [1.807, 2.05) is 30.8 Å². The molecule has 0 bridgehead atoms. The lowest BCUT2D eigenvalue weighted by atomic mass is 10.3. The zero-order valence-corrected chi connectivity index (χ0v) is 11.1. The summed E-state index contributed by atoms with van der Waals surface area (Å²) < 4.78 is 5.69. The Morgan fingerprint density at radius 1 is 1.47 bits per heavy atom. The zero-order valence-electron chi connectivity index (χ0n) is 9.45. The molecule has 2 N–H and O–H groups in total. The smallest absolute Gasteiger partial charge is 0.195 e. The third-order valence-electron chi connectivity index (χ3n) is 1.94. The number of nitrogens with two attached hydrogens (primary N) is 1. The Morgan fingerprint density at radius 3 is 2.60 bits per heavy atom. The summed E-state index contributed by atoms with van der Waals surface area (Å²) in [6, 6.07) is 2.07. The van der Waals surface area contributed by atoms with Crippen molar-refractivity contribution in [2.75, 3.05) is 31.3 Å². The standard InChI is InChI=1S/C10H18N2OS.ClH/c1-8-6-10(12(2)3)13-9(8)7-14-5-4-11;/h6H,4-5,7,11H2,1-3H3;1H. The lowest BCUT2D eigenvalue weighted by Gasteiger charge is -2.06. The molecular formula is C10H19ClN2OS. The molecule has 0 amide bonds. The molecule has 0 aliphatic heterocycles. The molecule has 0 unspecified atom stereocenters. The summed E-state index contributed by atoms with van der Waals surface area (Å²) in [4.78, 5) is 1.98. The van der Waals surface area contributed by atoms with E-state index in [2.05, 4.69) is 13.0 Å². The van der Waals surface area contributed by atoms with Gasteiger partial charge in [-0.1, -0.05) is 0 Å². The minimum atomic E-state index is 0. The van der Waals surface area contributed by atoms with Crippen molar-refractivity contribution < 1.29 is 4.42 Å². The average molecular weight is 251 g/mol. The van der Waals surface area contributed by atoms with Gasteiger partial charge in [0.2, 0.25) is 0 Å². The molecule has 88 valence electrons. The van der Waals surface area contributed by atoms with Gasteiger partial charge in [0, 0.05) is 32.5 Å². The number of rotatable bonds is 5. The molecule has 1 aromatic heterocycles. The number of nitrogens with zero attached hydrogens (tertiary/aromatic N) is 1. The van der Waals surface area contributed by atoms with Crippen LogP contribution in [0, 0.1) is 6.92 Å². The zero-order chi connectivity index (χ0) is 10.6. The summed E-state index contributed by atoms with van der Waals surface area (Å²) >= 11 is 1.81. The lowest BCUT2D eigenvalue weighted by molar-refractivity contribution is 0.528. The lowest BCUT2D eigenvalue weighted by Crippen LogP contribution is -2.06. The van der Waals surface area contributed by atoms with Crippen molar-refractivity contribution in [1.29, 1.82) is 0 Å². The largest absolute Gasteiger partial charge is 0.444 e. The van der Waals surface area contributed by atoms with Gasteiger partial charge in [-0.3, -0.25) is 0 Å². The monoisotopic (exact) mass is 250 g/mol. The van der Waals surface area contributed by atoms with Crippen molar-refractivity contribution in [1.82, 2.24) is 0 Å². The van der Waals surface area contributed by atoms with Gasteiger partial charge < -0.3 is 15.1 Å². The Hall–Kier alpha value is -0.320. The molecule has 0 fully saturated rings. The molecule has 0 radical (unpaired) electrons. The molecule has 0 spiro atoms. The number of halogens is 1. The van der Waals surface area contributed by atoms with Crippen molar-refractivity contribution >= 4 is 30.1 Å². The maximum absolute atomic E-state index is 5.69. The Balaban J connectivity index is 0.00000196. The van der Waals surface area contributed by atoms with Crippen molar-refractivity contribution in [2.24, 2.45) is 5.73 Å². The summed E-state index contributed by atoms with van der Waals surface area (Å²) in [5.74, 6) is 3.88. The van der Waals surface area contributed by atoms with E-state index in [4.69, 9.17) is 10.2 Å². The van der Waals surface area contributed by atoms with Crippen LogP contribution in [0.3, 0.4) is 0 Å². The second-order valence-electron chi connectivity index (χ2n) is 3.43. The summed E-state index contributed by atoms with van der Waals surface area (Å²) in [5.41, 5.74) is 6.65. The van der Waals surface area contributed by atoms with Gasteiger partial charge in [0.25, 0.3) is 0 Å². The van der Waals surface area contributed by atoms with Crippen LogP contribution in [0.4, 0.5) is 5.88 Å². The highest BCUT2D eigenvalue weighted by Gasteiger charge is 2.08. The third kappa shape index (κ3) is 4.36. The minimum Gasteiger partial charge on any atom is -0.444 e. The van der Waals surface area contributed by atoms with E-state index in [1.54, 1.807) is 0 Å². The number of aryl methyl sites for hydroxylation is 1. The van der Waals surface area contributed by atoms with Crippen LogP contribution in [0.15, 0.2) is 10.5 Å². The van der Waals surface area contributed by atoms with Crippen LogP contribution >= 0.6 is 24.2 Å². The first-order chi connectivity index (χ1) is 6.65. The van der Waals surface area contributed by atoms with E-state index in [-0.39, 0.29) is 12.4 Å². The molecular weight excluding hydrogens is 232 g/mol. The van der Waals surface area contributed by atoms with Crippen LogP contribution in [-0.4, -0.2) is 26.4 Å². The summed E-state index contributed by atoms with van der Waals surface area (Å²) in [6.07, 6.45) is 0. The van der Waals surface area contributed by atoms with Gasteiger partial charge in [0.1, 0.15) is 5.76 Å². The van der Waals surface area contributed by atoms with Gasteiger partial charge in [0.15, 0.2) is 5.88 Å².